The van der Waals surface area contributed by atoms with Crippen LogP contribution in [0.25, 0.3) is 104 Å². The molecule has 0 unspecified atom stereocenters. The molecule has 53 heavy (non-hydrogen) atoms. The molecule has 11 rings (SSSR count). The summed E-state index contributed by atoms with van der Waals surface area (Å²) in [5, 5.41) is 12.7. The number of para-hydroxylation sites is 1. The fourth-order valence-electron chi connectivity index (χ4n) is 8.93. The van der Waals surface area contributed by atoms with Gasteiger partial charge in [-0.3, -0.25) is 0 Å². The van der Waals surface area contributed by atoms with Crippen molar-refractivity contribution in [2.45, 2.75) is 0 Å². The Labute approximate surface area is 307 Å². The van der Waals surface area contributed by atoms with Gasteiger partial charge in [0.05, 0.1) is 11.0 Å². The van der Waals surface area contributed by atoms with Gasteiger partial charge < -0.3 is 4.57 Å². The first-order valence-corrected chi connectivity index (χ1v) is 18.4. The van der Waals surface area contributed by atoms with E-state index in [0.29, 0.717) is 0 Å². The van der Waals surface area contributed by atoms with Crippen LogP contribution >= 0.6 is 0 Å². The van der Waals surface area contributed by atoms with Crippen LogP contribution in [0.4, 0.5) is 0 Å². The van der Waals surface area contributed by atoms with E-state index in [2.05, 4.69) is 205 Å². The number of fused-ring (bicyclic) bond motifs is 9. The quantitative estimate of drug-likeness (QED) is 0.164. The Morgan fingerprint density at radius 2 is 0.774 bits per heavy atom. The van der Waals surface area contributed by atoms with E-state index in [0.717, 1.165) is 5.69 Å². The second-order valence-electron chi connectivity index (χ2n) is 14.0. The molecule has 0 fully saturated rings. The predicted molar refractivity (Wildman–Crippen MR) is 227 cm³/mol. The summed E-state index contributed by atoms with van der Waals surface area (Å²) in [5.41, 5.74) is 11.0. The molecule has 0 radical (unpaired) electrons. The third-order valence-corrected chi connectivity index (χ3v) is 11.1. The van der Waals surface area contributed by atoms with E-state index in [1.165, 1.54) is 98.3 Å². The maximum atomic E-state index is 2.46. The van der Waals surface area contributed by atoms with Gasteiger partial charge in [-0.05, 0) is 107 Å². The molecule has 10 aromatic carbocycles. The topological polar surface area (TPSA) is 4.93 Å². The Hall–Kier alpha value is -6.96. The normalized spacial score (nSPS) is 11.8. The van der Waals surface area contributed by atoms with Crippen LogP contribution in [0.5, 0.6) is 0 Å². The van der Waals surface area contributed by atoms with Crippen molar-refractivity contribution >= 4 is 64.9 Å². The van der Waals surface area contributed by atoms with Crippen molar-refractivity contribution in [2.75, 3.05) is 0 Å². The molecule has 246 valence electrons. The summed E-state index contributed by atoms with van der Waals surface area (Å²) in [4.78, 5) is 0. The molecule has 1 aromatic heterocycles. The van der Waals surface area contributed by atoms with Gasteiger partial charge in [0, 0.05) is 16.5 Å². The first-order chi connectivity index (χ1) is 26.3. The summed E-state index contributed by atoms with van der Waals surface area (Å²) >= 11 is 0. The van der Waals surface area contributed by atoms with Crippen molar-refractivity contribution in [3.63, 3.8) is 0 Å². The highest BCUT2D eigenvalue weighted by Crippen LogP contribution is 2.46. The van der Waals surface area contributed by atoms with Crippen LogP contribution in [0.2, 0.25) is 0 Å². The van der Waals surface area contributed by atoms with Crippen LogP contribution in [-0.2, 0) is 0 Å². The first kappa shape index (κ1) is 29.7. The zero-order valence-electron chi connectivity index (χ0n) is 29.0. The number of hydrogen-bond donors (Lipinski definition) is 0. The minimum atomic E-state index is 1.16. The Morgan fingerprint density at radius 1 is 0.283 bits per heavy atom. The molecule has 1 heteroatoms. The molecule has 0 saturated carbocycles. The fourth-order valence-corrected chi connectivity index (χ4v) is 8.93. The SMILES string of the molecule is c1ccc(-c2c3ccccc3c(-c3cccc(-c4cc5c(c6ccccc46)c4c6ccccc6ccc4n5-c4ccccc4)c3)c3ccccc23)cc1. The predicted octanol–water partition coefficient (Wildman–Crippen LogP) is 14.4. The van der Waals surface area contributed by atoms with Crippen LogP contribution in [-0.4, -0.2) is 4.57 Å². The summed E-state index contributed by atoms with van der Waals surface area (Å²) in [6.45, 7) is 0. The van der Waals surface area contributed by atoms with Gasteiger partial charge in [0.1, 0.15) is 0 Å². The second-order valence-corrected chi connectivity index (χ2v) is 14.0. The van der Waals surface area contributed by atoms with Crippen molar-refractivity contribution < 1.29 is 0 Å². The zero-order valence-corrected chi connectivity index (χ0v) is 29.0. The Balaban J connectivity index is 1.23. The van der Waals surface area contributed by atoms with Gasteiger partial charge in [-0.2, -0.15) is 0 Å². The average Bonchev–Trinajstić information content (AvgIpc) is 3.58. The lowest BCUT2D eigenvalue weighted by Crippen LogP contribution is -1.94. The van der Waals surface area contributed by atoms with Gasteiger partial charge in [-0.15, -0.1) is 0 Å². The van der Waals surface area contributed by atoms with Crippen LogP contribution in [0.3, 0.4) is 0 Å². The van der Waals surface area contributed by atoms with Crippen LogP contribution < -0.4 is 0 Å². The fraction of sp³-hybridized carbons (Fsp3) is 0. The number of nitrogens with zero attached hydrogens (tertiary/aromatic N) is 1. The third kappa shape index (κ3) is 4.51. The van der Waals surface area contributed by atoms with E-state index in [9.17, 15) is 0 Å². The van der Waals surface area contributed by atoms with Gasteiger partial charge in [-0.25, -0.2) is 0 Å². The number of hydrogen-bond acceptors (Lipinski definition) is 0. The summed E-state index contributed by atoms with van der Waals surface area (Å²) < 4.78 is 2.46. The molecule has 0 N–H and O–H groups in total. The summed E-state index contributed by atoms with van der Waals surface area (Å²) in [6, 6.07) is 73.5. The lowest BCUT2D eigenvalue weighted by molar-refractivity contribution is 1.18. The molecule has 0 spiro atoms. The maximum absolute atomic E-state index is 2.46. The Bertz CT molecular complexity index is 3150. The molecule has 0 amide bonds. The van der Waals surface area contributed by atoms with Crippen molar-refractivity contribution in [3.05, 3.63) is 200 Å². The molecule has 11 aromatic rings. The monoisotopic (exact) mass is 671 g/mol. The second kappa shape index (κ2) is 11.8. The van der Waals surface area contributed by atoms with Crippen molar-refractivity contribution in [3.8, 4) is 39.1 Å². The lowest BCUT2D eigenvalue weighted by Gasteiger charge is -2.18. The molecule has 0 aliphatic carbocycles. The van der Waals surface area contributed by atoms with E-state index >= 15 is 0 Å². The molecular formula is C52H33N. The van der Waals surface area contributed by atoms with Gasteiger partial charge in [0.15, 0.2) is 0 Å². The maximum Gasteiger partial charge on any atom is 0.0553 e. The van der Waals surface area contributed by atoms with Gasteiger partial charge in [0.2, 0.25) is 0 Å². The van der Waals surface area contributed by atoms with Crippen molar-refractivity contribution in [1.82, 2.24) is 4.57 Å². The minimum Gasteiger partial charge on any atom is -0.309 e. The molecule has 0 aliphatic rings. The van der Waals surface area contributed by atoms with Crippen LogP contribution in [0, 0.1) is 0 Å². The molecule has 0 aliphatic heterocycles. The summed E-state index contributed by atoms with van der Waals surface area (Å²) in [5.74, 6) is 0. The van der Waals surface area contributed by atoms with E-state index in [4.69, 9.17) is 0 Å². The first-order valence-electron chi connectivity index (χ1n) is 18.4. The van der Waals surface area contributed by atoms with Crippen LogP contribution in [0.15, 0.2) is 200 Å². The molecule has 1 nitrogen and oxygen atoms in total. The van der Waals surface area contributed by atoms with Crippen LogP contribution in [0.1, 0.15) is 0 Å². The van der Waals surface area contributed by atoms with Crippen molar-refractivity contribution in [2.24, 2.45) is 0 Å². The van der Waals surface area contributed by atoms with Gasteiger partial charge >= 0.3 is 0 Å². The van der Waals surface area contributed by atoms with E-state index in [1.807, 2.05) is 0 Å². The lowest BCUT2D eigenvalue weighted by atomic mass is 9.85. The minimum absolute atomic E-state index is 1.16. The highest BCUT2D eigenvalue weighted by Gasteiger charge is 2.21. The average molecular weight is 672 g/mol. The summed E-state index contributed by atoms with van der Waals surface area (Å²) in [7, 11) is 0. The molecule has 0 atom stereocenters. The number of benzene rings is 10. The highest BCUT2D eigenvalue weighted by molar-refractivity contribution is 6.30. The smallest absolute Gasteiger partial charge is 0.0553 e. The Morgan fingerprint density at radius 3 is 1.45 bits per heavy atom. The van der Waals surface area contributed by atoms with E-state index < -0.39 is 0 Å². The number of rotatable bonds is 4. The zero-order chi connectivity index (χ0) is 34.9. The molecule has 0 bridgehead atoms. The Kier molecular flexibility index (Phi) is 6.62. The molecule has 0 saturated heterocycles. The van der Waals surface area contributed by atoms with E-state index in [-0.39, 0.29) is 0 Å². The standard InChI is InChI=1S/C52H33N/c1-3-17-35(18-4-1)49-42-26-11-13-28-44(42)50(45-29-14-12-27-43(45)49)37-20-15-19-36(32-37)46-33-48-52(41-25-10-9-24-40(41)46)51-39-23-8-7-16-34(39)30-31-47(51)53(48)38-21-5-2-6-22-38/h1-33H. The van der Waals surface area contributed by atoms with Gasteiger partial charge in [-0.1, -0.05) is 170 Å². The molecular weight excluding hydrogens is 639 g/mol. The number of aromatic nitrogens is 1. The largest absolute Gasteiger partial charge is 0.309 e. The third-order valence-electron chi connectivity index (χ3n) is 11.1. The van der Waals surface area contributed by atoms with Gasteiger partial charge in [0.25, 0.3) is 0 Å². The highest BCUT2D eigenvalue weighted by atomic mass is 15.0. The molecule has 1 heterocycles. The van der Waals surface area contributed by atoms with Crippen molar-refractivity contribution in [1.29, 1.82) is 0 Å². The van der Waals surface area contributed by atoms with E-state index in [1.54, 1.807) is 0 Å². The summed E-state index contributed by atoms with van der Waals surface area (Å²) in [6.07, 6.45) is 0.